The van der Waals surface area contributed by atoms with Crippen molar-refractivity contribution in [1.82, 2.24) is 0 Å². The first-order valence-electron chi connectivity index (χ1n) is 12.8. The van der Waals surface area contributed by atoms with Crippen molar-refractivity contribution in [3.63, 3.8) is 0 Å². The molecule has 5 rings (SSSR count). The van der Waals surface area contributed by atoms with Crippen LogP contribution in [0.3, 0.4) is 0 Å². The van der Waals surface area contributed by atoms with Gasteiger partial charge in [0, 0.05) is 35.6 Å². The molecule has 0 N–H and O–H groups in total. The summed E-state index contributed by atoms with van der Waals surface area (Å²) < 4.78 is 2.21. The molecule has 0 radical (unpaired) electrons. The van der Waals surface area contributed by atoms with Crippen LogP contribution >= 0.6 is 12.6 Å². The predicted octanol–water partition coefficient (Wildman–Crippen LogP) is 8.70. The van der Waals surface area contributed by atoms with Crippen molar-refractivity contribution < 1.29 is 4.57 Å². The van der Waals surface area contributed by atoms with Gasteiger partial charge in [0.2, 0.25) is 0 Å². The smallest absolute Gasteiger partial charge is 0.169 e. The lowest BCUT2D eigenvalue weighted by molar-refractivity contribution is -0.696. The van der Waals surface area contributed by atoms with Gasteiger partial charge in [-0.2, -0.15) is 12.6 Å². The van der Waals surface area contributed by atoms with Crippen LogP contribution in [0.25, 0.3) is 22.9 Å². The fraction of sp³-hybridized carbons (Fsp3) is 0.147. The van der Waals surface area contributed by atoms with Gasteiger partial charge < -0.3 is 4.90 Å². The second-order valence-corrected chi connectivity index (χ2v) is 10.0. The molecule has 0 spiro atoms. The van der Waals surface area contributed by atoms with Crippen LogP contribution in [-0.4, -0.2) is 5.75 Å². The van der Waals surface area contributed by atoms with Crippen LogP contribution < -0.4 is 9.47 Å². The summed E-state index contributed by atoms with van der Waals surface area (Å²) in [5, 5.41) is 2.46. The number of hydrogen-bond acceptors (Lipinski definition) is 2. The van der Waals surface area contributed by atoms with E-state index < -0.39 is 0 Å². The number of aromatic nitrogens is 1. The van der Waals surface area contributed by atoms with Crippen LogP contribution in [0.4, 0.5) is 17.1 Å². The summed E-state index contributed by atoms with van der Waals surface area (Å²) in [4.78, 5) is 2.34. The van der Waals surface area contributed by atoms with Crippen LogP contribution in [0.1, 0.15) is 28.7 Å². The zero-order chi connectivity index (χ0) is 25.6. The van der Waals surface area contributed by atoms with Crippen molar-refractivity contribution >= 4 is 52.6 Å². The van der Waals surface area contributed by atoms with Crippen LogP contribution in [0.15, 0.2) is 109 Å². The lowest BCUT2D eigenvalue weighted by Gasteiger charge is -2.26. The van der Waals surface area contributed by atoms with E-state index >= 15 is 0 Å². The van der Waals surface area contributed by atoms with Crippen molar-refractivity contribution in [1.29, 1.82) is 0 Å². The Balaban J connectivity index is 1.43. The molecule has 0 aliphatic carbocycles. The number of thiol groups is 1. The van der Waals surface area contributed by atoms with Gasteiger partial charge in [0.15, 0.2) is 12.4 Å². The van der Waals surface area contributed by atoms with E-state index in [1.165, 1.54) is 44.4 Å². The van der Waals surface area contributed by atoms with Crippen molar-refractivity contribution in [2.45, 2.75) is 26.8 Å². The summed E-state index contributed by atoms with van der Waals surface area (Å²) in [5.41, 5.74) is 8.38. The van der Waals surface area contributed by atoms with Gasteiger partial charge in [-0.15, -0.1) is 0 Å². The van der Waals surface area contributed by atoms with Gasteiger partial charge in [-0.05, 0) is 95.1 Å². The number of fused-ring (bicyclic) bond motifs is 1. The topological polar surface area (TPSA) is 7.12 Å². The molecule has 0 unspecified atom stereocenters. The largest absolute Gasteiger partial charge is 0.310 e. The lowest BCUT2D eigenvalue weighted by Crippen LogP contribution is -2.32. The molecule has 0 atom stereocenters. The zero-order valence-electron chi connectivity index (χ0n) is 21.5. The first-order valence-corrected chi connectivity index (χ1v) is 13.5. The standard InChI is InChI=1S/C34H32N2S/c1-26-6-3-8-32(22-26)36(33-9-4-7-27(2)23-33)34-15-14-30-24-29(12-13-31(30)25-34)11-10-28-16-19-35(20-17-28)18-5-21-37/h3-4,6-17,19-20,22-25H,5,18,21H2,1-2H3/p+1. The number of nitrogens with zero attached hydrogens (tertiary/aromatic N) is 2. The second-order valence-electron chi connectivity index (χ2n) is 9.58. The van der Waals surface area contributed by atoms with E-state index in [0.29, 0.717) is 0 Å². The molecule has 0 bridgehead atoms. The number of rotatable bonds is 8. The van der Waals surface area contributed by atoms with E-state index in [1.54, 1.807) is 0 Å². The molecule has 3 heteroatoms. The van der Waals surface area contributed by atoms with Crippen LogP contribution in [0.5, 0.6) is 0 Å². The number of benzene rings is 4. The Labute approximate surface area is 225 Å². The van der Waals surface area contributed by atoms with Crippen molar-refractivity contribution in [3.8, 4) is 0 Å². The summed E-state index contributed by atoms with van der Waals surface area (Å²) in [6.07, 6.45) is 9.72. The van der Waals surface area contributed by atoms with Gasteiger partial charge in [0.05, 0.1) is 0 Å². The van der Waals surface area contributed by atoms with E-state index in [-0.39, 0.29) is 0 Å². The molecule has 0 saturated carbocycles. The molecule has 1 aromatic heterocycles. The molecule has 184 valence electrons. The normalized spacial score (nSPS) is 11.3. The minimum atomic E-state index is 0.911. The molecule has 1 heterocycles. The average Bonchev–Trinajstić information content (AvgIpc) is 2.91. The molecule has 0 aliphatic rings. The molecule has 37 heavy (non-hydrogen) atoms. The van der Waals surface area contributed by atoms with E-state index in [9.17, 15) is 0 Å². The molecule has 0 amide bonds. The third kappa shape index (κ3) is 6.12. The Bertz CT molecular complexity index is 1490. The molecule has 0 saturated heterocycles. The first kappa shape index (κ1) is 24.9. The molecular formula is C34H33N2S+. The molecule has 0 fully saturated rings. The highest BCUT2D eigenvalue weighted by atomic mass is 32.1. The third-order valence-corrected chi connectivity index (χ3v) is 6.90. The molecule has 0 aliphatic heterocycles. The minimum Gasteiger partial charge on any atom is -0.310 e. The number of pyridine rings is 1. The fourth-order valence-corrected chi connectivity index (χ4v) is 4.79. The number of aryl methyl sites for hydroxylation is 3. The Kier molecular flexibility index (Phi) is 7.72. The van der Waals surface area contributed by atoms with E-state index in [0.717, 1.165) is 24.4 Å². The van der Waals surface area contributed by atoms with E-state index in [2.05, 4.69) is 158 Å². The van der Waals surface area contributed by atoms with Gasteiger partial charge >= 0.3 is 0 Å². The Morgan fingerprint density at radius 1 is 0.649 bits per heavy atom. The summed E-state index contributed by atoms with van der Waals surface area (Å²) >= 11 is 4.30. The lowest BCUT2D eigenvalue weighted by atomic mass is 10.0. The Morgan fingerprint density at radius 3 is 1.89 bits per heavy atom. The molecule has 5 aromatic rings. The highest BCUT2D eigenvalue weighted by Gasteiger charge is 2.13. The summed E-state index contributed by atoms with van der Waals surface area (Å²) in [7, 11) is 0. The molecule has 4 aromatic carbocycles. The maximum absolute atomic E-state index is 4.30. The van der Waals surface area contributed by atoms with Crippen LogP contribution in [0.2, 0.25) is 0 Å². The summed E-state index contributed by atoms with van der Waals surface area (Å²) in [6, 6.07) is 35.1. The van der Waals surface area contributed by atoms with Gasteiger partial charge in [0.25, 0.3) is 0 Å². The number of hydrogen-bond donors (Lipinski definition) is 1. The third-order valence-electron chi connectivity index (χ3n) is 6.59. The van der Waals surface area contributed by atoms with Gasteiger partial charge in [-0.3, -0.25) is 0 Å². The van der Waals surface area contributed by atoms with Gasteiger partial charge in [-0.25, -0.2) is 4.57 Å². The van der Waals surface area contributed by atoms with Gasteiger partial charge in [-0.1, -0.05) is 54.6 Å². The van der Waals surface area contributed by atoms with E-state index in [1.807, 2.05) is 0 Å². The van der Waals surface area contributed by atoms with Crippen molar-refractivity contribution in [2.75, 3.05) is 10.7 Å². The monoisotopic (exact) mass is 501 g/mol. The maximum atomic E-state index is 4.30. The highest BCUT2D eigenvalue weighted by Crippen LogP contribution is 2.36. The quantitative estimate of drug-likeness (QED) is 0.165. The highest BCUT2D eigenvalue weighted by molar-refractivity contribution is 7.80. The predicted molar refractivity (Wildman–Crippen MR) is 162 cm³/mol. The summed E-state index contributed by atoms with van der Waals surface area (Å²) in [5.74, 6) is 0.911. The Morgan fingerprint density at radius 2 is 1.24 bits per heavy atom. The SMILES string of the molecule is Cc1cccc(N(c2cccc(C)c2)c2ccc3cc(/C=C/c4cc[n+](CCCS)cc4)ccc3c2)c1. The maximum Gasteiger partial charge on any atom is 0.169 e. The van der Waals surface area contributed by atoms with Gasteiger partial charge in [0.1, 0.15) is 6.54 Å². The van der Waals surface area contributed by atoms with E-state index in [4.69, 9.17) is 0 Å². The molecular weight excluding hydrogens is 468 g/mol. The average molecular weight is 502 g/mol. The van der Waals surface area contributed by atoms with Crippen LogP contribution in [-0.2, 0) is 6.54 Å². The first-order chi connectivity index (χ1) is 18.1. The second kappa shape index (κ2) is 11.5. The summed E-state index contributed by atoms with van der Waals surface area (Å²) in [6.45, 7) is 5.29. The van der Waals surface area contributed by atoms with Crippen molar-refractivity contribution in [2.24, 2.45) is 0 Å². The fourth-order valence-electron chi connectivity index (χ4n) is 4.65. The zero-order valence-corrected chi connectivity index (χ0v) is 22.4. The molecule has 2 nitrogen and oxygen atoms in total. The van der Waals surface area contributed by atoms with Crippen LogP contribution in [0, 0.1) is 13.8 Å². The number of anilines is 3. The Hall–Kier alpha value is -3.82. The minimum absolute atomic E-state index is 0.911. The van der Waals surface area contributed by atoms with Crippen molar-refractivity contribution in [3.05, 3.63) is 132 Å².